The summed E-state index contributed by atoms with van der Waals surface area (Å²) in [7, 11) is 0. The van der Waals surface area contributed by atoms with Gasteiger partial charge in [0.2, 0.25) is 5.13 Å². The fourth-order valence-electron chi connectivity index (χ4n) is 3.23. The summed E-state index contributed by atoms with van der Waals surface area (Å²) in [6.45, 7) is 0. The van der Waals surface area contributed by atoms with E-state index in [1.807, 2.05) is 84.9 Å². The lowest BCUT2D eigenvalue weighted by Crippen LogP contribution is -1.98. The zero-order valence-corrected chi connectivity index (χ0v) is 15.5. The van der Waals surface area contributed by atoms with E-state index >= 15 is 0 Å². The van der Waals surface area contributed by atoms with Gasteiger partial charge in [-0.15, -0.1) is 4.91 Å². The number of aromatic nitrogens is 3. The zero-order chi connectivity index (χ0) is 18.9. The van der Waals surface area contributed by atoms with Crippen LogP contribution < -0.4 is 0 Å². The van der Waals surface area contributed by atoms with Crippen LogP contribution in [-0.4, -0.2) is 14.8 Å². The molecular weight excluding hydrogens is 368 g/mol. The van der Waals surface area contributed by atoms with Crippen LogP contribution in [0.5, 0.6) is 0 Å². The van der Waals surface area contributed by atoms with Crippen molar-refractivity contribution in [1.29, 1.82) is 0 Å². The molecule has 2 aromatic heterocycles. The lowest BCUT2D eigenvalue weighted by Gasteiger charge is -2.04. The Morgan fingerprint density at radius 1 is 0.786 bits per heavy atom. The summed E-state index contributed by atoms with van der Waals surface area (Å²) >= 11 is 1.53. The van der Waals surface area contributed by atoms with Crippen LogP contribution in [0.4, 0.5) is 5.69 Å². The van der Waals surface area contributed by atoms with Crippen LogP contribution in [0.3, 0.4) is 0 Å². The average molecular weight is 382 g/mol. The predicted molar refractivity (Wildman–Crippen MR) is 113 cm³/mol. The molecule has 0 amide bonds. The first-order valence-corrected chi connectivity index (χ1v) is 9.60. The van der Waals surface area contributed by atoms with E-state index in [1.165, 1.54) is 11.3 Å². The van der Waals surface area contributed by atoms with Crippen molar-refractivity contribution in [2.75, 3.05) is 0 Å². The van der Waals surface area contributed by atoms with Gasteiger partial charge in [-0.1, -0.05) is 84.1 Å². The molecule has 2 heterocycles. The number of para-hydroxylation sites is 1. The Morgan fingerprint density at radius 3 is 2.11 bits per heavy atom. The highest BCUT2D eigenvalue weighted by Gasteiger charge is 2.24. The van der Waals surface area contributed by atoms with Crippen molar-refractivity contribution >= 4 is 27.2 Å². The van der Waals surface area contributed by atoms with E-state index < -0.39 is 0 Å². The van der Waals surface area contributed by atoms with Gasteiger partial charge in [-0.3, -0.25) is 0 Å². The van der Waals surface area contributed by atoms with Crippen LogP contribution in [0.25, 0.3) is 37.9 Å². The zero-order valence-electron chi connectivity index (χ0n) is 14.7. The van der Waals surface area contributed by atoms with Gasteiger partial charge in [0.25, 0.3) is 0 Å². The van der Waals surface area contributed by atoms with Crippen LogP contribution in [0, 0.1) is 4.91 Å². The number of fused-ring (bicyclic) bond motifs is 1. The minimum absolute atomic E-state index is 0.316. The van der Waals surface area contributed by atoms with E-state index in [-0.39, 0.29) is 0 Å². The number of thiazole rings is 1. The highest BCUT2D eigenvalue weighted by molar-refractivity contribution is 7.20. The van der Waals surface area contributed by atoms with Crippen LogP contribution in [0.1, 0.15) is 0 Å². The standard InChI is InChI=1S/C22H14N4OS/c27-25-20-19(15-9-3-1-4-10-15)24-26(21(20)16-11-5-2-6-12-16)22-23-17-13-7-8-14-18(17)28-22/h1-14H. The summed E-state index contributed by atoms with van der Waals surface area (Å²) in [4.78, 5) is 16.6. The first kappa shape index (κ1) is 16.5. The maximum Gasteiger partial charge on any atom is 0.212 e. The van der Waals surface area contributed by atoms with Gasteiger partial charge in [0.05, 0.1) is 10.2 Å². The number of nitroso groups, excluding NO2 is 1. The highest BCUT2D eigenvalue weighted by Crippen LogP contribution is 2.41. The second-order valence-electron chi connectivity index (χ2n) is 6.25. The van der Waals surface area contributed by atoms with Crippen LogP contribution in [0.2, 0.25) is 0 Å². The van der Waals surface area contributed by atoms with E-state index in [2.05, 4.69) is 5.18 Å². The van der Waals surface area contributed by atoms with Crippen LogP contribution >= 0.6 is 11.3 Å². The molecule has 5 nitrogen and oxygen atoms in total. The molecule has 0 fully saturated rings. The Labute approximate surface area is 164 Å². The molecule has 0 N–H and O–H groups in total. The Balaban J connectivity index is 1.82. The smallest absolute Gasteiger partial charge is 0.212 e. The largest absolute Gasteiger partial charge is 0.218 e. The third-order valence-electron chi connectivity index (χ3n) is 4.51. The summed E-state index contributed by atoms with van der Waals surface area (Å²) in [6.07, 6.45) is 0. The van der Waals surface area contributed by atoms with Gasteiger partial charge < -0.3 is 0 Å². The number of hydrogen-bond acceptors (Lipinski definition) is 5. The maximum absolute atomic E-state index is 11.9. The van der Waals surface area contributed by atoms with E-state index in [0.29, 0.717) is 22.2 Å². The Morgan fingerprint density at radius 2 is 1.43 bits per heavy atom. The molecule has 0 saturated heterocycles. The predicted octanol–water partition coefficient (Wildman–Crippen LogP) is 6.21. The highest BCUT2D eigenvalue weighted by atomic mass is 32.1. The quantitative estimate of drug-likeness (QED) is 0.347. The van der Waals surface area contributed by atoms with Gasteiger partial charge in [0.1, 0.15) is 11.4 Å². The first-order valence-electron chi connectivity index (χ1n) is 8.78. The van der Waals surface area contributed by atoms with Gasteiger partial charge in [-0.05, 0) is 17.3 Å². The minimum atomic E-state index is 0.316. The SMILES string of the molecule is O=Nc1c(-c2ccccc2)nn(-c2nc3ccccc3s2)c1-c1ccccc1. The molecule has 5 rings (SSSR count). The molecule has 134 valence electrons. The molecule has 0 spiro atoms. The second kappa shape index (κ2) is 6.83. The molecule has 0 bridgehead atoms. The van der Waals surface area contributed by atoms with E-state index in [9.17, 15) is 4.91 Å². The lowest BCUT2D eigenvalue weighted by atomic mass is 10.1. The van der Waals surface area contributed by atoms with Gasteiger partial charge in [-0.2, -0.15) is 5.10 Å². The van der Waals surface area contributed by atoms with Crippen molar-refractivity contribution in [1.82, 2.24) is 14.8 Å². The van der Waals surface area contributed by atoms with Crippen molar-refractivity contribution in [2.45, 2.75) is 0 Å². The van der Waals surface area contributed by atoms with Gasteiger partial charge >= 0.3 is 0 Å². The van der Waals surface area contributed by atoms with E-state index in [0.717, 1.165) is 21.3 Å². The molecule has 28 heavy (non-hydrogen) atoms. The second-order valence-corrected chi connectivity index (χ2v) is 7.25. The Hall–Kier alpha value is -3.64. The van der Waals surface area contributed by atoms with Gasteiger partial charge in [-0.25, -0.2) is 9.67 Å². The molecule has 0 aliphatic carbocycles. The number of benzene rings is 3. The molecular formula is C22H14N4OS. The molecule has 0 aliphatic heterocycles. The number of nitrogens with zero attached hydrogens (tertiary/aromatic N) is 4. The topological polar surface area (TPSA) is 60.1 Å². The monoisotopic (exact) mass is 382 g/mol. The summed E-state index contributed by atoms with van der Waals surface area (Å²) in [5.41, 5.74) is 4.12. The third-order valence-corrected chi connectivity index (χ3v) is 5.52. The molecule has 0 radical (unpaired) electrons. The fraction of sp³-hybridized carbons (Fsp3) is 0. The normalized spacial score (nSPS) is 11.0. The Bertz CT molecular complexity index is 1240. The van der Waals surface area contributed by atoms with Crippen molar-refractivity contribution in [3.63, 3.8) is 0 Å². The van der Waals surface area contributed by atoms with Crippen LogP contribution in [0.15, 0.2) is 90.1 Å². The van der Waals surface area contributed by atoms with Crippen molar-refractivity contribution < 1.29 is 0 Å². The van der Waals surface area contributed by atoms with Crippen molar-refractivity contribution in [3.8, 4) is 27.6 Å². The minimum Gasteiger partial charge on any atom is -0.218 e. The van der Waals surface area contributed by atoms with Crippen LogP contribution in [-0.2, 0) is 0 Å². The van der Waals surface area contributed by atoms with Gasteiger partial charge in [0.15, 0.2) is 5.69 Å². The summed E-state index contributed by atoms with van der Waals surface area (Å²) < 4.78 is 2.80. The van der Waals surface area contributed by atoms with E-state index in [1.54, 1.807) is 4.68 Å². The maximum atomic E-state index is 11.9. The molecule has 6 heteroatoms. The molecule has 5 aromatic rings. The molecule has 3 aromatic carbocycles. The third kappa shape index (κ3) is 2.71. The van der Waals surface area contributed by atoms with Crippen molar-refractivity contribution in [2.24, 2.45) is 5.18 Å². The number of rotatable bonds is 4. The molecule has 0 aliphatic rings. The van der Waals surface area contributed by atoms with E-state index in [4.69, 9.17) is 10.1 Å². The summed E-state index contributed by atoms with van der Waals surface area (Å²) in [5.74, 6) is 0. The summed E-state index contributed by atoms with van der Waals surface area (Å²) in [5, 5.41) is 8.83. The summed E-state index contributed by atoms with van der Waals surface area (Å²) in [6, 6.07) is 27.3. The van der Waals surface area contributed by atoms with Gasteiger partial charge in [0, 0.05) is 11.1 Å². The average Bonchev–Trinajstić information content (AvgIpc) is 3.36. The first-order chi connectivity index (χ1) is 13.8. The lowest BCUT2D eigenvalue weighted by molar-refractivity contribution is 0.884. The fourth-order valence-corrected chi connectivity index (χ4v) is 4.15. The molecule has 0 saturated carbocycles. The van der Waals surface area contributed by atoms with Crippen molar-refractivity contribution in [3.05, 3.63) is 89.8 Å². The number of hydrogen-bond donors (Lipinski definition) is 0. The Kier molecular flexibility index (Phi) is 4.03. The molecule has 0 atom stereocenters. The molecule has 0 unspecified atom stereocenters.